The molecule has 0 aliphatic heterocycles. The number of carbonyl (C=O) groups is 1. The lowest BCUT2D eigenvalue weighted by atomic mass is 9.98. The highest BCUT2D eigenvalue weighted by molar-refractivity contribution is 5.92. The molecule has 1 amide bonds. The smallest absolute Gasteiger partial charge is 0.244 e. The van der Waals surface area contributed by atoms with E-state index < -0.39 is 0 Å². The van der Waals surface area contributed by atoms with Gasteiger partial charge in [0, 0.05) is 17.8 Å². The summed E-state index contributed by atoms with van der Waals surface area (Å²) in [6.45, 7) is 4.47. The van der Waals surface area contributed by atoms with Gasteiger partial charge in [-0.2, -0.15) is 0 Å². The van der Waals surface area contributed by atoms with Crippen LogP contribution in [-0.2, 0) is 4.79 Å². The molecule has 1 aliphatic rings. The highest BCUT2D eigenvalue weighted by Gasteiger charge is 2.30. The zero-order chi connectivity index (χ0) is 13.8. The Hall–Kier alpha value is -1.77. The Morgan fingerprint density at radius 1 is 1.26 bits per heavy atom. The molecule has 0 spiro atoms. The zero-order valence-corrected chi connectivity index (χ0v) is 11.6. The van der Waals surface area contributed by atoms with Crippen molar-refractivity contribution in [3.8, 4) is 0 Å². The molecule has 0 aromatic heterocycles. The van der Waals surface area contributed by atoms with Crippen LogP contribution < -0.4 is 11.1 Å². The minimum Gasteiger partial charge on any atom is -0.399 e. The molecule has 3 heteroatoms. The number of anilines is 1. The van der Waals surface area contributed by atoms with E-state index >= 15 is 0 Å². The van der Waals surface area contributed by atoms with Gasteiger partial charge in [-0.1, -0.05) is 26.0 Å². The van der Waals surface area contributed by atoms with Gasteiger partial charge in [-0.3, -0.25) is 4.79 Å². The first-order chi connectivity index (χ1) is 9.06. The van der Waals surface area contributed by atoms with Crippen LogP contribution in [0.15, 0.2) is 30.3 Å². The van der Waals surface area contributed by atoms with Crippen LogP contribution >= 0.6 is 0 Å². The van der Waals surface area contributed by atoms with Crippen LogP contribution in [0.5, 0.6) is 0 Å². The number of nitrogens with two attached hydrogens (primary N) is 1. The van der Waals surface area contributed by atoms with Crippen LogP contribution in [-0.4, -0.2) is 11.9 Å². The lowest BCUT2D eigenvalue weighted by Crippen LogP contribution is -2.36. The Morgan fingerprint density at radius 2 is 1.95 bits per heavy atom. The molecular weight excluding hydrogens is 236 g/mol. The Morgan fingerprint density at radius 3 is 2.53 bits per heavy atom. The maximum atomic E-state index is 11.9. The Bertz CT molecular complexity index is 464. The number of hydrogen-bond acceptors (Lipinski definition) is 2. The van der Waals surface area contributed by atoms with Crippen molar-refractivity contribution in [3.05, 3.63) is 35.9 Å². The highest BCUT2D eigenvalue weighted by atomic mass is 16.1. The first-order valence-corrected chi connectivity index (χ1v) is 6.90. The van der Waals surface area contributed by atoms with Crippen molar-refractivity contribution in [1.29, 1.82) is 0 Å². The van der Waals surface area contributed by atoms with Crippen molar-refractivity contribution in [3.63, 3.8) is 0 Å². The summed E-state index contributed by atoms with van der Waals surface area (Å²) in [4.78, 5) is 11.9. The molecule has 3 atom stereocenters. The van der Waals surface area contributed by atoms with E-state index in [2.05, 4.69) is 19.2 Å². The van der Waals surface area contributed by atoms with E-state index in [-0.39, 0.29) is 5.91 Å². The summed E-state index contributed by atoms with van der Waals surface area (Å²) >= 11 is 0. The van der Waals surface area contributed by atoms with Gasteiger partial charge >= 0.3 is 0 Å². The van der Waals surface area contributed by atoms with E-state index in [0.717, 1.165) is 17.7 Å². The summed E-state index contributed by atoms with van der Waals surface area (Å²) in [5.74, 6) is 1.25. The van der Waals surface area contributed by atoms with Crippen molar-refractivity contribution in [1.82, 2.24) is 5.32 Å². The normalized spacial score (nSPS) is 26.7. The molecule has 0 bridgehead atoms. The van der Waals surface area contributed by atoms with Crippen LogP contribution in [0, 0.1) is 11.8 Å². The average Bonchev–Trinajstić information content (AvgIpc) is 2.70. The second-order valence-corrected chi connectivity index (χ2v) is 5.53. The molecule has 102 valence electrons. The maximum Gasteiger partial charge on any atom is 0.244 e. The van der Waals surface area contributed by atoms with Crippen molar-refractivity contribution in [2.24, 2.45) is 11.8 Å². The van der Waals surface area contributed by atoms with Gasteiger partial charge in [-0.05, 0) is 48.4 Å². The van der Waals surface area contributed by atoms with Gasteiger partial charge in [-0.15, -0.1) is 0 Å². The van der Waals surface area contributed by atoms with E-state index in [9.17, 15) is 4.79 Å². The zero-order valence-electron chi connectivity index (χ0n) is 11.6. The molecule has 0 radical (unpaired) electrons. The van der Waals surface area contributed by atoms with Crippen molar-refractivity contribution in [2.75, 3.05) is 5.73 Å². The maximum absolute atomic E-state index is 11.9. The van der Waals surface area contributed by atoms with E-state index in [4.69, 9.17) is 5.73 Å². The molecule has 0 saturated heterocycles. The Labute approximate surface area is 114 Å². The molecule has 1 fully saturated rings. The van der Waals surface area contributed by atoms with Crippen molar-refractivity contribution in [2.45, 2.75) is 32.7 Å². The van der Waals surface area contributed by atoms with E-state index in [0.29, 0.717) is 17.9 Å². The first kappa shape index (κ1) is 13.7. The third kappa shape index (κ3) is 3.60. The number of amides is 1. The average molecular weight is 258 g/mol. The summed E-state index contributed by atoms with van der Waals surface area (Å²) in [5, 5.41) is 3.09. The van der Waals surface area contributed by atoms with Crippen LogP contribution in [0.25, 0.3) is 6.08 Å². The Balaban J connectivity index is 1.89. The number of rotatable bonds is 3. The number of nitrogens with one attached hydrogen (secondary N) is 1. The summed E-state index contributed by atoms with van der Waals surface area (Å²) in [6, 6.07) is 7.79. The molecule has 1 saturated carbocycles. The second kappa shape index (κ2) is 5.91. The third-order valence-corrected chi connectivity index (χ3v) is 4.16. The van der Waals surface area contributed by atoms with E-state index in [1.165, 1.54) is 6.42 Å². The van der Waals surface area contributed by atoms with Gasteiger partial charge in [0.05, 0.1) is 0 Å². The molecule has 3 N–H and O–H groups in total. The quantitative estimate of drug-likeness (QED) is 0.647. The second-order valence-electron chi connectivity index (χ2n) is 5.53. The minimum atomic E-state index is -0.0113. The van der Waals surface area contributed by atoms with Gasteiger partial charge in [0.15, 0.2) is 0 Å². The predicted molar refractivity (Wildman–Crippen MR) is 79.4 cm³/mol. The molecule has 2 rings (SSSR count). The van der Waals surface area contributed by atoms with Gasteiger partial charge < -0.3 is 11.1 Å². The summed E-state index contributed by atoms with van der Waals surface area (Å²) in [6.07, 6.45) is 5.70. The summed E-state index contributed by atoms with van der Waals surface area (Å²) in [5.41, 5.74) is 7.33. The van der Waals surface area contributed by atoms with Crippen molar-refractivity contribution >= 4 is 17.7 Å². The molecular formula is C16H22N2O. The fourth-order valence-corrected chi connectivity index (χ4v) is 2.58. The third-order valence-electron chi connectivity index (χ3n) is 4.16. The van der Waals surface area contributed by atoms with E-state index in [1.807, 2.05) is 30.3 Å². The standard InChI is InChI=1S/C16H22N2O/c1-11-3-9-15(12(11)2)18-16(19)10-6-13-4-7-14(17)8-5-13/h4-8,10-12,15H,3,9,17H2,1-2H3,(H,18,19)/b10-6+. The van der Waals surface area contributed by atoms with Gasteiger partial charge in [0.25, 0.3) is 0 Å². The monoisotopic (exact) mass is 258 g/mol. The SMILES string of the molecule is CC1CCC(NC(=O)/C=C/c2ccc(N)cc2)C1C. The van der Waals surface area contributed by atoms with Gasteiger partial charge in [0.1, 0.15) is 0 Å². The summed E-state index contributed by atoms with van der Waals surface area (Å²) in [7, 11) is 0. The Kier molecular flexibility index (Phi) is 4.25. The first-order valence-electron chi connectivity index (χ1n) is 6.90. The lowest BCUT2D eigenvalue weighted by Gasteiger charge is -2.18. The van der Waals surface area contributed by atoms with E-state index in [1.54, 1.807) is 6.08 Å². The lowest BCUT2D eigenvalue weighted by molar-refractivity contribution is -0.117. The fraction of sp³-hybridized carbons (Fsp3) is 0.438. The number of benzene rings is 1. The molecule has 1 aliphatic carbocycles. The number of nitrogen functional groups attached to an aromatic ring is 1. The highest BCUT2D eigenvalue weighted by Crippen LogP contribution is 2.30. The van der Waals surface area contributed by atoms with Crippen LogP contribution in [0.2, 0.25) is 0 Å². The molecule has 1 aromatic carbocycles. The minimum absolute atomic E-state index is 0.0113. The predicted octanol–water partition coefficient (Wildman–Crippen LogP) is 2.83. The van der Waals surface area contributed by atoms with Crippen molar-refractivity contribution < 1.29 is 4.79 Å². The van der Waals surface area contributed by atoms with Crippen LogP contribution in [0.3, 0.4) is 0 Å². The largest absolute Gasteiger partial charge is 0.399 e. The molecule has 0 heterocycles. The molecule has 3 nitrogen and oxygen atoms in total. The fourth-order valence-electron chi connectivity index (χ4n) is 2.58. The van der Waals surface area contributed by atoms with Gasteiger partial charge in [-0.25, -0.2) is 0 Å². The summed E-state index contributed by atoms with van der Waals surface area (Å²) < 4.78 is 0. The number of carbonyl (C=O) groups excluding carboxylic acids is 1. The van der Waals surface area contributed by atoms with Crippen LogP contribution in [0.1, 0.15) is 32.3 Å². The topological polar surface area (TPSA) is 55.1 Å². The van der Waals surface area contributed by atoms with Gasteiger partial charge in [0.2, 0.25) is 5.91 Å². The number of hydrogen-bond donors (Lipinski definition) is 2. The van der Waals surface area contributed by atoms with Crippen LogP contribution in [0.4, 0.5) is 5.69 Å². The molecule has 3 unspecified atom stereocenters. The molecule has 1 aromatic rings. The molecule has 19 heavy (non-hydrogen) atoms.